The van der Waals surface area contributed by atoms with Gasteiger partial charge in [0.05, 0.1) is 18.1 Å². The number of hydrogen-bond donors (Lipinski definition) is 1. The number of benzene rings is 1. The molecular weight excluding hydrogens is 416 g/mol. The van der Waals surface area contributed by atoms with Crippen molar-refractivity contribution in [2.75, 3.05) is 25.0 Å². The third-order valence-electron chi connectivity index (χ3n) is 4.80. The van der Waals surface area contributed by atoms with Gasteiger partial charge in [0, 0.05) is 18.8 Å². The Balaban J connectivity index is 1.90. The standard InChI is InChI=1S/C23H32N2O7/c1-6-30-20(27)16-10-12-25(13-11-16)19(26)15(2)31-21(28)17-8-7-9-18(14-17)24-22(29)32-23(3,4)5/h7-9,14-16H,6,10-13H2,1-5H3,(H,24,29). The van der Waals surface area contributed by atoms with Crippen molar-refractivity contribution in [1.82, 2.24) is 4.90 Å². The van der Waals surface area contributed by atoms with Crippen LogP contribution in [0.25, 0.3) is 0 Å². The van der Waals surface area contributed by atoms with Crippen molar-refractivity contribution in [2.45, 2.75) is 59.2 Å². The van der Waals surface area contributed by atoms with Crippen molar-refractivity contribution >= 4 is 29.6 Å². The molecule has 0 radical (unpaired) electrons. The van der Waals surface area contributed by atoms with Gasteiger partial charge in [-0.1, -0.05) is 6.07 Å². The number of esters is 2. The monoisotopic (exact) mass is 448 g/mol. The van der Waals surface area contributed by atoms with Crippen molar-refractivity contribution < 1.29 is 33.4 Å². The van der Waals surface area contributed by atoms with E-state index in [2.05, 4.69) is 5.32 Å². The number of hydrogen-bond acceptors (Lipinski definition) is 7. The maximum atomic E-state index is 12.7. The summed E-state index contributed by atoms with van der Waals surface area (Å²) in [6, 6.07) is 6.19. The van der Waals surface area contributed by atoms with E-state index in [1.54, 1.807) is 44.7 Å². The number of ether oxygens (including phenoxy) is 3. The van der Waals surface area contributed by atoms with Crippen LogP contribution in [0.4, 0.5) is 10.5 Å². The Morgan fingerprint density at radius 3 is 2.41 bits per heavy atom. The van der Waals surface area contributed by atoms with Gasteiger partial charge in [0.25, 0.3) is 5.91 Å². The Kier molecular flexibility index (Phi) is 8.63. The number of nitrogens with one attached hydrogen (secondary N) is 1. The smallest absolute Gasteiger partial charge is 0.412 e. The summed E-state index contributed by atoms with van der Waals surface area (Å²) in [5, 5.41) is 2.56. The third-order valence-corrected chi connectivity index (χ3v) is 4.80. The summed E-state index contributed by atoms with van der Waals surface area (Å²) < 4.78 is 15.6. The molecule has 9 heteroatoms. The zero-order valence-corrected chi connectivity index (χ0v) is 19.3. The lowest BCUT2D eigenvalue weighted by Gasteiger charge is -2.32. The molecule has 32 heavy (non-hydrogen) atoms. The van der Waals surface area contributed by atoms with E-state index >= 15 is 0 Å². The van der Waals surface area contributed by atoms with Gasteiger partial charge < -0.3 is 19.1 Å². The third kappa shape index (κ3) is 7.55. The van der Waals surface area contributed by atoms with Crippen molar-refractivity contribution in [3.05, 3.63) is 29.8 Å². The number of anilines is 1. The van der Waals surface area contributed by atoms with Crippen LogP contribution in [0.15, 0.2) is 24.3 Å². The first-order valence-corrected chi connectivity index (χ1v) is 10.8. The zero-order valence-electron chi connectivity index (χ0n) is 19.3. The van der Waals surface area contributed by atoms with Crippen LogP contribution in [0.5, 0.6) is 0 Å². The number of amides is 2. The molecule has 1 saturated heterocycles. The van der Waals surface area contributed by atoms with Crippen LogP contribution in [-0.2, 0) is 23.8 Å². The van der Waals surface area contributed by atoms with Gasteiger partial charge in [-0.05, 0) is 65.7 Å². The molecule has 176 valence electrons. The van der Waals surface area contributed by atoms with E-state index in [0.29, 0.717) is 38.2 Å². The maximum Gasteiger partial charge on any atom is 0.412 e. The molecule has 0 aliphatic carbocycles. The highest BCUT2D eigenvalue weighted by Gasteiger charge is 2.31. The van der Waals surface area contributed by atoms with Crippen LogP contribution in [0.2, 0.25) is 0 Å². The van der Waals surface area contributed by atoms with Crippen LogP contribution in [-0.4, -0.2) is 60.2 Å². The van der Waals surface area contributed by atoms with E-state index < -0.39 is 23.8 Å². The Morgan fingerprint density at radius 1 is 1.16 bits per heavy atom. The van der Waals surface area contributed by atoms with Gasteiger partial charge in [-0.3, -0.25) is 14.9 Å². The molecule has 0 aromatic heterocycles. The Bertz CT molecular complexity index is 839. The molecule has 2 amide bonds. The highest BCUT2D eigenvalue weighted by molar-refractivity contribution is 5.94. The van der Waals surface area contributed by atoms with Gasteiger partial charge in [-0.25, -0.2) is 9.59 Å². The van der Waals surface area contributed by atoms with Gasteiger partial charge in [-0.2, -0.15) is 0 Å². The zero-order chi connectivity index (χ0) is 23.9. The summed E-state index contributed by atoms with van der Waals surface area (Å²) in [4.78, 5) is 50.6. The lowest BCUT2D eigenvalue weighted by molar-refractivity contribution is -0.152. The van der Waals surface area contributed by atoms with Crippen molar-refractivity contribution in [1.29, 1.82) is 0 Å². The Hall–Kier alpha value is -3.10. The van der Waals surface area contributed by atoms with Gasteiger partial charge >= 0.3 is 18.0 Å². The second-order valence-corrected chi connectivity index (χ2v) is 8.61. The van der Waals surface area contributed by atoms with Gasteiger partial charge in [0.15, 0.2) is 6.10 Å². The van der Waals surface area contributed by atoms with E-state index in [4.69, 9.17) is 14.2 Å². The second kappa shape index (κ2) is 11.0. The first-order valence-electron chi connectivity index (χ1n) is 10.8. The summed E-state index contributed by atoms with van der Waals surface area (Å²) in [7, 11) is 0. The van der Waals surface area contributed by atoms with Crippen LogP contribution in [0, 0.1) is 5.92 Å². The van der Waals surface area contributed by atoms with Gasteiger partial charge in [0.1, 0.15) is 5.60 Å². The summed E-state index contributed by atoms with van der Waals surface area (Å²) >= 11 is 0. The summed E-state index contributed by atoms with van der Waals surface area (Å²) in [5.74, 6) is -1.44. The number of likely N-dealkylation sites (tertiary alicyclic amines) is 1. The van der Waals surface area contributed by atoms with Gasteiger partial charge in [-0.15, -0.1) is 0 Å². The molecule has 0 saturated carbocycles. The topological polar surface area (TPSA) is 111 Å². The molecule has 1 fully saturated rings. The number of piperidine rings is 1. The Labute approximate surface area is 188 Å². The minimum absolute atomic E-state index is 0.194. The summed E-state index contributed by atoms with van der Waals surface area (Å²) in [5.41, 5.74) is -0.0887. The van der Waals surface area contributed by atoms with Crippen molar-refractivity contribution in [3.8, 4) is 0 Å². The number of rotatable bonds is 6. The molecule has 9 nitrogen and oxygen atoms in total. The lowest BCUT2D eigenvalue weighted by Crippen LogP contribution is -2.45. The quantitative estimate of drug-likeness (QED) is 0.524. The number of carbonyl (C=O) groups excluding carboxylic acids is 4. The average molecular weight is 449 g/mol. The average Bonchev–Trinajstić information content (AvgIpc) is 2.72. The molecule has 1 aromatic rings. The molecule has 0 bridgehead atoms. The van der Waals surface area contributed by atoms with E-state index in [1.165, 1.54) is 19.1 Å². The van der Waals surface area contributed by atoms with E-state index in [1.807, 2.05) is 0 Å². The predicted octanol–water partition coefficient (Wildman–Crippen LogP) is 3.38. The first-order chi connectivity index (χ1) is 15.0. The predicted molar refractivity (Wildman–Crippen MR) is 117 cm³/mol. The molecule has 1 aliphatic heterocycles. The molecule has 0 spiro atoms. The maximum absolute atomic E-state index is 12.7. The minimum atomic E-state index is -0.982. The van der Waals surface area contributed by atoms with Crippen LogP contribution in [0.1, 0.15) is 57.8 Å². The van der Waals surface area contributed by atoms with Crippen LogP contribution < -0.4 is 5.32 Å². The summed E-state index contributed by atoms with van der Waals surface area (Å²) in [6.07, 6.45) is -0.588. The number of carbonyl (C=O) groups is 4. The lowest BCUT2D eigenvalue weighted by atomic mass is 9.97. The summed E-state index contributed by atoms with van der Waals surface area (Å²) in [6.45, 7) is 9.66. The minimum Gasteiger partial charge on any atom is -0.466 e. The van der Waals surface area contributed by atoms with Crippen LogP contribution >= 0.6 is 0 Å². The second-order valence-electron chi connectivity index (χ2n) is 8.61. The fraction of sp³-hybridized carbons (Fsp3) is 0.565. The van der Waals surface area contributed by atoms with E-state index in [-0.39, 0.29) is 23.4 Å². The highest BCUT2D eigenvalue weighted by atomic mass is 16.6. The fourth-order valence-electron chi connectivity index (χ4n) is 3.28. The molecule has 1 unspecified atom stereocenters. The Morgan fingerprint density at radius 2 is 1.81 bits per heavy atom. The fourth-order valence-corrected chi connectivity index (χ4v) is 3.28. The first kappa shape index (κ1) is 25.2. The van der Waals surface area contributed by atoms with E-state index in [0.717, 1.165) is 0 Å². The molecule has 1 atom stereocenters. The molecule has 1 aliphatic rings. The SMILES string of the molecule is CCOC(=O)C1CCN(C(=O)C(C)OC(=O)c2cccc(NC(=O)OC(C)(C)C)c2)CC1. The molecule has 2 rings (SSSR count). The molecule has 1 aromatic carbocycles. The highest BCUT2D eigenvalue weighted by Crippen LogP contribution is 2.20. The van der Waals surface area contributed by atoms with Gasteiger partial charge in [0.2, 0.25) is 0 Å². The molecule has 1 N–H and O–H groups in total. The van der Waals surface area contributed by atoms with Crippen molar-refractivity contribution in [2.24, 2.45) is 5.92 Å². The van der Waals surface area contributed by atoms with Crippen LogP contribution in [0.3, 0.4) is 0 Å². The van der Waals surface area contributed by atoms with E-state index in [9.17, 15) is 19.2 Å². The van der Waals surface area contributed by atoms with Crippen molar-refractivity contribution in [3.63, 3.8) is 0 Å². The largest absolute Gasteiger partial charge is 0.466 e. The normalized spacial score (nSPS) is 15.5. The molecule has 1 heterocycles. The number of nitrogens with zero attached hydrogens (tertiary/aromatic N) is 1. The molecular formula is C23H32N2O7.